The minimum absolute atomic E-state index is 0.0475. The largest absolute Gasteiger partial charge is 0.504 e. The van der Waals surface area contributed by atoms with E-state index in [9.17, 15) is 15.0 Å². The predicted octanol–water partition coefficient (Wildman–Crippen LogP) is 1.32. The van der Waals surface area contributed by atoms with E-state index in [1.807, 2.05) is 13.8 Å². The van der Waals surface area contributed by atoms with Crippen molar-refractivity contribution >= 4 is 5.91 Å². The van der Waals surface area contributed by atoms with Crippen molar-refractivity contribution in [1.29, 1.82) is 0 Å². The number of phenols is 2. The third kappa shape index (κ3) is 1.79. The number of rotatable bonds is 2. The Labute approximate surface area is 82.0 Å². The van der Waals surface area contributed by atoms with E-state index in [-0.39, 0.29) is 17.2 Å². The molecule has 0 bridgehead atoms. The lowest BCUT2D eigenvalue weighted by molar-refractivity contribution is 0.0997. The number of phenolic OH excluding ortho intramolecular Hbond substituents is 1. The summed E-state index contributed by atoms with van der Waals surface area (Å²) < 4.78 is 0. The Morgan fingerprint density at radius 1 is 1.36 bits per heavy atom. The average Bonchev–Trinajstić information content (AvgIpc) is 2.08. The summed E-state index contributed by atoms with van der Waals surface area (Å²) in [4.78, 5) is 10.9. The molecule has 0 spiro atoms. The highest BCUT2D eigenvalue weighted by Crippen LogP contribution is 2.32. The molecule has 1 rings (SSSR count). The Morgan fingerprint density at radius 3 is 2.36 bits per heavy atom. The summed E-state index contributed by atoms with van der Waals surface area (Å²) in [6.45, 7) is 3.83. The van der Waals surface area contributed by atoms with Gasteiger partial charge in [0.2, 0.25) is 0 Å². The first kappa shape index (κ1) is 10.4. The quantitative estimate of drug-likeness (QED) is 0.622. The number of amides is 1. The van der Waals surface area contributed by atoms with Gasteiger partial charge in [0.05, 0.1) is 5.56 Å². The van der Waals surface area contributed by atoms with Crippen LogP contribution in [0.1, 0.15) is 35.7 Å². The smallest absolute Gasteiger partial charge is 0.252 e. The van der Waals surface area contributed by atoms with E-state index in [0.29, 0.717) is 0 Å². The van der Waals surface area contributed by atoms with Crippen molar-refractivity contribution in [2.24, 2.45) is 5.73 Å². The van der Waals surface area contributed by atoms with E-state index in [1.54, 1.807) is 0 Å². The molecule has 0 radical (unpaired) electrons. The number of nitrogens with two attached hydrogens (primary N) is 1. The first-order valence-electron chi connectivity index (χ1n) is 4.29. The molecule has 4 heteroatoms. The van der Waals surface area contributed by atoms with Gasteiger partial charge < -0.3 is 15.9 Å². The zero-order chi connectivity index (χ0) is 10.9. The van der Waals surface area contributed by atoms with Gasteiger partial charge in [-0.05, 0) is 23.6 Å². The highest BCUT2D eigenvalue weighted by molar-refractivity contribution is 5.96. The molecule has 0 aromatic heterocycles. The number of benzene rings is 1. The monoisotopic (exact) mass is 195 g/mol. The fourth-order valence-corrected chi connectivity index (χ4v) is 1.16. The molecule has 4 nitrogen and oxygen atoms in total. The summed E-state index contributed by atoms with van der Waals surface area (Å²) in [5.74, 6) is -1.37. The van der Waals surface area contributed by atoms with Crippen molar-refractivity contribution in [3.8, 4) is 11.5 Å². The molecule has 0 aliphatic carbocycles. The molecule has 0 aliphatic heterocycles. The summed E-state index contributed by atoms with van der Waals surface area (Å²) in [7, 11) is 0. The van der Waals surface area contributed by atoms with E-state index in [0.717, 1.165) is 5.56 Å². The fourth-order valence-electron chi connectivity index (χ4n) is 1.16. The summed E-state index contributed by atoms with van der Waals surface area (Å²) in [6.07, 6.45) is 0. The highest BCUT2D eigenvalue weighted by atomic mass is 16.3. The van der Waals surface area contributed by atoms with Crippen LogP contribution in [-0.2, 0) is 0 Å². The SMILES string of the molecule is CC(C)c1cc(O)c(O)c(C(N)=O)c1. The van der Waals surface area contributed by atoms with E-state index in [2.05, 4.69) is 0 Å². The zero-order valence-corrected chi connectivity index (χ0v) is 8.11. The van der Waals surface area contributed by atoms with E-state index in [1.165, 1.54) is 12.1 Å². The number of aromatic hydroxyl groups is 2. The lowest BCUT2D eigenvalue weighted by atomic mass is 9.99. The van der Waals surface area contributed by atoms with Gasteiger partial charge in [-0.15, -0.1) is 0 Å². The van der Waals surface area contributed by atoms with Crippen LogP contribution in [0.15, 0.2) is 12.1 Å². The molecule has 0 fully saturated rings. The Morgan fingerprint density at radius 2 is 1.93 bits per heavy atom. The first-order chi connectivity index (χ1) is 6.43. The van der Waals surface area contributed by atoms with Crippen LogP contribution in [0.4, 0.5) is 0 Å². The van der Waals surface area contributed by atoms with Gasteiger partial charge in [-0.25, -0.2) is 0 Å². The minimum Gasteiger partial charge on any atom is -0.504 e. The summed E-state index contributed by atoms with van der Waals surface area (Å²) >= 11 is 0. The summed E-state index contributed by atoms with van der Waals surface area (Å²) in [6, 6.07) is 2.91. The number of carbonyl (C=O) groups is 1. The van der Waals surface area contributed by atoms with Gasteiger partial charge in [0.15, 0.2) is 11.5 Å². The number of carbonyl (C=O) groups excluding carboxylic acids is 1. The molecule has 0 saturated heterocycles. The van der Waals surface area contributed by atoms with Gasteiger partial charge >= 0.3 is 0 Å². The Kier molecular flexibility index (Phi) is 2.65. The number of primary amides is 1. The fraction of sp³-hybridized carbons (Fsp3) is 0.300. The second-order valence-corrected chi connectivity index (χ2v) is 3.46. The highest BCUT2D eigenvalue weighted by Gasteiger charge is 2.14. The molecule has 4 N–H and O–H groups in total. The van der Waals surface area contributed by atoms with Crippen molar-refractivity contribution in [2.75, 3.05) is 0 Å². The van der Waals surface area contributed by atoms with Crippen molar-refractivity contribution in [1.82, 2.24) is 0 Å². The maximum Gasteiger partial charge on any atom is 0.252 e. The maximum absolute atomic E-state index is 10.9. The molecular weight excluding hydrogens is 182 g/mol. The zero-order valence-electron chi connectivity index (χ0n) is 8.11. The van der Waals surface area contributed by atoms with Crippen LogP contribution in [0.25, 0.3) is 0 Å². The van der Waals surface area contributed by atoms with Crippen LogP contribution in [0.3, 0.4) is 0 Å². The summed E-state index contributed by atoms with van der Waals surface area (Å²) in [5.41, 5.74) is 5.75. The minimum atomic E-state index is -0.750. The standard InChI is InChI=1S/C10H13NO3/c1-5(2)6-3-7(10(11)14)9(13)8(12)4-6/h3-5,12-13H,1-2H3,(H2,11,14). The van der Waals surface area contributed by atoms with Crippen LogP contribution in [0, 0.1) is 0 Å². The molecule has 1 amide bonds. The molecular formula is C10H13NO3. The lowest BCUT2D eigenvalue weighted by Crippen LogP contribution is -2.11. The second-order valence-electron chi connectivity index (χ2n) is 3.46. The summed E-state index contributed by atoms with van der Waals surface area (Å²) in [5, 5.41) is 18.6. The average molecular weight is 195 g/mol. The Hall–Kier alpha value is -1.71. The van der Waals surface area contributed by atoms with Gasteiger partial charge in [0.1, 0.15) is 0 Å². The molecule has 0 aliphatic rings. The van der Waals surface area contributed by atoms with E-state index in [4.69, 9.17) is 5.73 Å². The van der Waals surface area contributed by atoms with Crippen molar-refractivity contribution < 1.29 is 15.0 Å². The number of hydrogen-bond acceptors (Lipinski definition) is 3. The molecule has 0 atom stereocenters. The van der Waals surface area contributed by atoms with Crippen LogP contribution in [0.5, 0.6) is 11.5 Å². The van der Waals surface area contributed by atoms with Crippen LogP contribution < -0.4 is 5.73 Å². The third-order valence-corrected chi connectivity index (χ3v) is 2.04. The van der Waals surface area contributed by atoms with Crippen molar-refractivity contribution in [3.63, 3.8) is 0 Å². The second kappa shape index (κ2) is 3.57. The molecule has 0 saturated carbocycles. The van der Waals surface area contributed by atoms with Crippen LogP contribution in [0.2, 0.25) is 0 Å². The van der Waals surface area contributed by atoms with Gasteiger partial charge in [0, 0.05) is 0 Å². The normalized spacial score (nSPS) is 10.5. The van der Waals surface area contributed by atoms with Gasteiger partial charge in [-0.1, -0.05) is 13.8 Å². The van der Waals surface area contributed by atoms with Gasteiger partial charge in [0.25, 0.3) is 5.91 Å². The molecule has 14 heavy (non-hydrogen) atoms. The van der Waals surface area contributed by atoms with Crippen LogP contribution in [-0.4, -0.2) is 16.1 Å². The molecule has 76 valence electrons. The van der Waals surface area contributed by atoms with Crippen LogP contribution >= 0.6 is 0 Å². The first-order valence-corrected chi connectivity index (χ1v) is 4.29. The van der Waals surface area contributed by atoms with E-state index < -0.39 is 11.7 Å². The Bertz CT molecular complexity index is 372. The Balaban J connectivity index is 3.35. The van der Waals surface area contributed by atoms with Crippen molar-refractivity contribution in [3.05, 3.63) is 23.3 Å². The lowest BCUT2D eigenvalue weighted by Gasteiger charge is -2.09. The molecule has 0 unspecified atom stereocenters. The van der Waals surface area contributed by atoms with E-state index >= 15 is 0 Å². The number of hydrogen-bond donors (Lipinski definition) is 3. The molecule has 1 aromatic rings. The van der Waals surface area contributed by atoms with Crippen molar-refractivity contribution in [2.45, 2.75) is 19.8 Å². The molecule has 0 heterocycles. The van der Waals surface area contributed by atoms with Gasteiger partial charge in [-0.2, -0.15) is 0 Å². The third-order valence-electron chi connectivity index (χ3n) is 2.04. The maximum atomic E-state index is 10.9. The molecule has 1 aromatic carbocycles. The predicted molar refractivity (Wildman–Crippen MR) is 52.4 cm³/mol. The van der Waals surface area contributed by atoms with Gasteiger partial charge in [-0.3, -0.25) is 4.79 Å². The topological polar surface area (TPSA) is 83.6 Å².